The molecule has 5 N–H and O–H groups in total. The fourth-order valence-corrected chi connectivity index (χ4v) is 2.54. The predicted octanol–water partition coefficient (Wildman–Crippen LogP) is -1.75. The van der Waals surface area contributed by atoms with Gasteiger partial charge in [-0.1, -0.05) is 0 Å². The summed E-state index contributed by atoms with van der Waals surface area (Å²) in [5.41, 5.74) is 6.66. The van der Waals surface area contributed by atoms with Crippen LogP contribution in [0.15, 0.2) is 12.7 Å². The number of ether oxygens (including phenoxy) is 1. The number of aliphatic hydroxyl groups excluding tert-OH is 2. The van der Waals surface area contributed by atoms with Crippen molar-refractivity contribution in [2.75, 3.05) is 19.4 Å². The molecule has 9 nitrogen and oxygen atoms in total. The van der Waals surface area contributed by atoms with Gasteiger partial charge in [-0.15, -0.1) is 0 Å². The third-order valence-electron chi connectivity index (χ3n) is 3.55. The number of nitrogen functional groups attached to an aromatic ring is 1. The van der Waals surface area contributed by atoms with E-state index < -0.39 is 18.4 Å². The normalized spacial score (nSPS) is 30.1. The molecule has 20 heavy (non-hydrogen) atoms. The molecule has 1 fully saturated rings. The molecule has 3 rings (SSSR count). The minimum atomic E-state index is -0.842. The zero-order valence-electron chi connectivity index (χ0n) is 10.8. The third-order valence-corrected chi connectivity index (χ3v) is 3.55. The Kier molecular flexibility index (Phi) is 3.26. The summed E-state index contributed by atoms with van der Waals surface area (Å²) >= 11 is 0. The monoisotopic (exact) mass is 280 g/mol. The van der Waals surface area contributed by atoms with E-state index in [9.17, 15) is 10.2 Å². The Labute approximate surface area is 114 Å². The summed E-state index contributed by atoms with van der Waals surface area (Å²) in [5.74, 6) is 0.269. The lowest BCUT2D eigenvalue weighted by Crippen LogP contribution is -2.43. The topological polar surface area (TPSA) is 131 Å². The molecular formula is C11H16N6O3. The number of fused-ring (bicyclic) bond motifs is 1. The highest BCUT2D eigenvalue weighted by Gasteiger charge is 2.44. The average molecular weight is 280 g/mol. The van der Waals surface area contributed by atoms with Crippen LogP contribution >= 0.6 is 0 Å². The van der Waals surface area contributed by atoms with Crippen LogP contribution in [-0.4, -0.2) is 61.6 Å². The summed E-state index contributed by atoms with van der Waals surface area (Å²) in [6.45, 7) is -0.192. The second-order valence-electron chi connectivity index (χ2n) is 4.64. The first kappa shape index (κ1) is 13.2. The molecule has 2 aromatic heterocycles. The van der Waals surface area contributed by atoms with Crippen LogP contribution < -0.4 is 11.1 Å². The number of nitrogens with zero attached hydrogens (tertiary/aromatic N) is 4. The highest BCUT2D eigenvalue weighted by molar-refractivity contribution is 5.81. The van der Waals surface area contributed by atoms with E-state index in [1.54, 1.807) is 11.6 Å². The van der Waals surface area contributed by atoms with Crippen molar-refractivity contribution in [3.63, 3.8) is 0 Å². The predicted molar refractivity (Wildman–Crippen MR) is 69.6 cm³/mol. The van der Waals surface area contributed by atoms with Crippen LogP contribution in [0.4, 0.5) is 5.82 Å². The Hall–Kier alpha value is -1.81. The SMILES string of the molecule is CN[C@H]1[C@H](O)[C@H](n2cnc3c(N)ncnc32)O[C@@H]1CO. The number of nitrogens with one attached hydrogen (secondary N) is 1. The first-order chi connectivity index (χ1) is 9.67. The van der Waals surface area contributed by atoms with Crippen molar-refractivity contribution in [2.24, 2.45) is 0 Å². The standard InChI is InChI=1S/C11H16N6O3/c1-13-6-5(2-18)20-11(8(6)19)17-4-16-7-9(12)14-3-15-10(7)17/h3-6,8,11,13,18-19H,2H2,1H3,(H2,12,14,15)/t5-,6-,8+,11-/m1/s1. The molecule has 0 unspecified atom stereocenters. The molecule has 0 spiro atoms. The smallest absolute Gasteiger partial charge is 0.167 e. The van der Waals surface area contributed by atoms with Gasteiger partial charge in [0.25, 0.3) is 0 Å². The highest BCUT2D eigenvalue weighted by Crippen LogP contribution is 2.31. The van der Waals surface area contributed by atoms with E-state index in [0.717, 1.165) is 0 Å². The van der Waals surface area contributed by atoms with Crippen molar-refractivity contribution in [2.45, 2.75) is 24.5 Å². The average Bonchev–Trinajstić information content (AvgIpc) is 3.00. The van der Waals surface area contributed by atoms with Gasteiger partial charge in [0, 0.05) is 0 Å². The highest BCUT2D eigenvalue weighted by atomic mass is 16.5. The van der Waals surface area contributed by atoms with Crippen LogP contribution in [0.1, 0.15) is 6.23 Å². The van der Waals surface area contributed by atoms with E-state index in [4.69, 9.17) is 10.5 Å². The van der Waals surface area contributed by atoms with Crippen LogP contribution in [0.25, 0.3) is 11.2 Å². The van der Waals surface area contributed by atoms with Gasteiger partial charge in [-0.05, 0) is 7.05 Å². The fraction of sp³-hybridized carbons (Fsp3) is 0.545. The Balaban J connectivity index is 2.01. The Morgan fingerprint density at radius 3 is 2.90 bits per heavy atom. The first-order valence-corrected chi connectivity index (χ1v) is 6.22. The molecule has 1 aliphatic heterocycles. The number of hydrogen-bond donors (Lipinski definition) is 4. The fourth-order valence-electron chi connectivity index (χ4n) is 2.54. The first-order valence-electron chi connectivity index (χ1n) is 6.22. The molecule has 1 saturated heterocycles. The van der Waals surface area contributed by atoms with Gasteiger partial charge in [0.05, 0.1) is 19.0 Å². The molecule has 4 atom stereocenters. The maximum absolute atomic E-state index is 10.3. The second-order valence-corrected chi connectivity index (χ2v) is 4.64. The maximum atomic E-state index is 10.3. The van der Waals surface area contributed by atoms with Gasteiger partial charge in [-0.25, -0.2) is 15.0 Å². The minimum Gasteiger partial charge on any atom is -0.394 e. The molecule has 0 saturated carbocycles. The van der Waals surface area contributed by atoms with Crippen LogP contribution in [-0.2, 0) is 4.74 Å². The lowest BCUT2D eigenvalue weighted by Gasteiger charge is -2.18. The molecule has 108 valence electrons. The summed E-state index contributed by atoms with van der Waals surface area (Å²) in [4.78, 5) is 12.1. The van der Waals surface area contributed by atoms with E-state index in [1.165, 1.54) is 12.7 Å². The quantitative estimate of drug-likeness (QED) is 0.520. The van der Waals surface area contributed by atoms with Gasteiger partial charge < -0.3 is 26.0 Å². The van der Waals surface area contributed by atoms with E-state index in [-0.39, 0.29) is 18.5 Å². The van der Waals surface area contributed by atoms with E-state index >= 15 is 0 Å². The van der Waals surface area contributed by atoms with Gasteiger partial charge in [0.2, 0.25) is 0 Å². The summed E-state index contributed by atoms with van der Waals surface area (Å²) in [7, 11) is 1.70. The molecule has 2 aromatic rings. The van der Waals surface area contributed by atoms with E-state index in [2.05, 4.69) is 20.3 Å². The third kappa shape index (κ3) is 1.83. The Bertz CT molecular complexity index is 617. The van der Waals surface area contributed by atoms with Crippen molar-refractivity contribution >= 4 is 17.0 Å². The number of likely N-dealkylation sites (N-methyl/N-ethyl adjacent to an activating group) is 1. The maximum Gasteiger partial charge on any atom is 0.167 e. The van der Waals surface area contributed by atoms with Gasteiger partial charge in [0.15, 0.2) is 17.7 Å². The number of rotatable bonds is 3. The number of hydrogen-bond acceptors (Lipinski definition) is 8. The van der Waals surface area contributed by atoms with Gasteiger partial charge >= 0.3 is 0 Å². The lowest BCUT2D eigenvalue weighted by molar-refractivity contribution is -0.0489. The van der Waals surface area contributed by atoms with Crippen molar-refractivity contribution in [3.05, 3.63) is 12.7 Å². The van der Waals surface area contributed by atoms with Crippen molar-refractivity contribution in [1.29, 1.82) is 0 Å². The van der Waals surface area contributed by atoms with Crippen LogP contribution in [0.5, 0.6) is 0 Å². The molecular weight excluding hydrogens is 264 g/mol. The molecule has 3 heterocycles. The summed E-state index contributed by atoms with van der Waals surface area (Å²) in [6.07, 6.45) is 0.790. The lowest BCUT2D eigenvalue weighted by atomic mass is 10.1. The van der Waals surface area contributed by atoms with Gasteiger partial charge in [-0.2, -0.15) is 0 Å². The van der Waals surface area contributed by atoms with E-state index in [0.29, 0.717) is 11.2 Å². The molecule has 0 aromatic carbocycles. The summed E-state index contributed by atoms with van der Waals surface area (Å²) in [6, 6.07) is -0.373. The van der Waals surface area contributed by atoms with Crippen LogP contribution in [0, 0.1) is 0 Å². The number of aliphatic hydroxyl groups is 2. The molecule has 9 heteroatoms. The Morgan fingerprint density at radius 1 is 1.45 bits per heavy atom. The van der Waals surface area contributed by atoms with E-state index in [1.807, 2.05) is 0 Å². The molecule has 0 amide bonds. The van der Waals surface area contributed by atoms with Crippen molar-refractivity contribution in [1.82, 2.24) is 24.8 Å². The van der Waals surface area contributed by atoms with Crippen molar-refractivity contribution in [3.8, 4) is 0 Å². The molecule has 1 aliphatic rings. The number of nitrogens with two attached hydrogens (primary N) is 1. The van der Waals surface area contributed by atoms with Gasteiger partial charge in [-0.3, -0.25) is 4.57 Å². The summed E-state index contributed by atoms with van der Waals surface area (Å²) in [5, 5.41) is 22.6. The zero-order chi connectivity index (χ0) is 14.3. The zero-order valence-corrected chi connectivity index (χ0v) is 10.8. The number of imidazole rings is 1. The van der Waals surface area contributed by atoms with Crippen molar-refractivity contribution < 1.29 is 14.9 Å². The molecule has 0 bridgehead atoms. The number of aromatic nitrogens is 4. The van der Waals surface area contributed by atoms with Crippen LogP contribution in [0.3, 0.4) is 0 Å². The molecule has 0 aliphatic carbocycles. The van der Waals surface area contributed by atoms with Gasteiger partial charge in [0.1, 0.15) is 24.1 Å². The molecule has 0 radical (unpaired) electrons. The minimum absolute atomic E-state index is 0.192. The second kappa shape index (κ2) is 4.94. The summed E-state index contributed by atoms with van der Waals surface area (Å²) < 4.78 is 7.27. The largest absolute Gasteiger partial charge is 0.394 e. The van der Waals surface area contributed by atoms with Crippen LogP contribution in [0.2, 0.25) is 0 Å². The number of anilines is 1. The Morgan fingerprint density at radius 2 is 2.25 bits per heavy atom.